The van der Waals surface area contributed by atoms with E-state index in [1.54, 1.807) is 14.2 Å². The van der Waals surface area contributed by atoms with Crippen molar-refractivity contribution in [2.45, 2.75) is 41.0 Å². The lowest BCUT2D eigenvalue weighted by atomic mass is 10.1. The van der Waals surface area contributed by atoms with Gasteiger partial charge in [-0.1, -0.05) is 27.7 Å². The third kappa shape index (κ3) is 5.92. The molecular formula is C15H29NO2. The summed E-state index contributed by atoms with van der Waals surface area (Å²) in [5.74, 6) is 1.77. The van der Waals surface area contributed by atoms with Gasteiger partial charge in [0.05, 0.1) is 14.2 Å². The smallest absolute Gasteiger partial charge is 0.122 e. The van der Waals surface area contributed by atoms with Crippen molar-refractivity contribution in [3.8, 4) is 11.5 Å². The van der Waals surface area contributed by atoms with E-state index in [0.717, 1.165) is 29.0 Å². The summed E-state index contributed by atoms with van der Waals surface area (Å²) in [6.45, 7) is 10.6. The molecule has 18 heavy (non-hydrogen) atoms. The van der Waals surface area contributed by atoms with Crippen LogP contribution in [0.25, 0.3) is 0 Å². The van der Waals surface area contributed by atoms with Crippen LogP contribution in [-0.4, -0.2) is 20.8 Å². The van der Waals surface area contributed by atoms with E-state index in [1.165, 1.54) is 0 Å². The van der Waals surface area contributed by atoms with Crippen molar-refractivity contribution in [1.29, 1.82) is 0 Å². The first kappa shape index (κ1) is 19.1. The zero-order valence-electron chi connectivity index (χ0n) is 13.0. The molecule has 0 aromatic heterocycles. The van der Waals surface area contributed by atoms with Gasteiger partial charge in [-0.15, -0.1) is 0 Å². The molecule has 0 saturated heterocycles. The lowest BCUT2D eigenvalue weighted by molar-refractivity contribution is 0.396. The number of hydrogen-bond donors (Lipinski definition) is 1. The number of aryl methyl sites for hydroxylation is 1. The summed E-state index contributed by atoms with van der Waals surface area (Å²) < 4.78 is 10.5. The third-order valence-electron chi connectivity index (χ3n) is 2.21. The van der Waals surface area contributed by atoms with Crippen molar-refractivity contribution in [2.75, 3.05) is 20.8 Å². The predicted octanol–water partition coefficient (Wildman–Crippen LogP) is 3.57. The third-order valence-corrected chi connectivity index (χ3v) is 2.21. The Labute approximate surface area is 112 Å². The van der Waals surface area contributed by atoms with Crippen LogP contribution < -0.4 is 15.2 Å². The maximum atomic E-state index is 5.52. The van der Waals surface area contributed by atoms with Crippen LogP contribution in [0, 0.1) is 6.92 Å². The van der Waals surface area contributed by atoms with Crippen LogP contribution in [0.15, 0.2) is 12.1 Å². The molecule has 0 radical (unpaired) electrons. The molecule has 3 nitrogen and oxygen atoms in total. The molecule has 1 rings (SSSR count). The average molecular weight is 255 g/mol. The molecule has 0 heterocycles. The van der Waals surface area contributed by atoms with E-state index in [1.807, 2.05) is 46.8 Å². The maximum absolute atomic E-state index is 5.52. The van der Waals surface area contributed by atoms with Gasteiger partial charge in [0.2, 0.25) is 0 Å². The van der Waals surface area contributed by atoms with E-state index in [0.29, 0.717) is 6.54 Å². The number of rotatable bonds is 4. The molecule has 0 spiro atoms. The normalized spacial score (nSPS) is 8.44. The number of benzene rings is 1. The van der Waals surface area contributed by atoms with Crippen LogP contribution in [-0.2, 0) is 6.42 Å². The molecule has 0 bridgehead atoms. The fourth-order valence-corrected chi connectivity index (χ4v) is 1.46. The highest BCUT2D eigenvalue weighted by Gasteiger charge is 2.07. The van der Waals surface area contributed by atoms with Gasteiger partial charge in [0.15, 0.2) is 0 Å². The largest absolute Gasteiger partial charge is 0.496 e. The molecule has 2 N–H and O–H groups in total. The Morgan fingerprint density at radius 3 is 1.83 bits per heavy atom. The molecule has 3 heteroatoms. The van der Waals surface area contributed by atoms with Crippen molar-refractivity contribution < 1.29 is 9.47 Å². The maximum Gasteiger partial charge on any atom is 0.122 e. The fraction of sp³-hybridized carbons (Fsp3) is 0.600. The highest BCUT2D eigenvalue weighted by atomic mass is 16.5. The number of hydrogen-bond acceptors (Lipinski definition) is 3. The van der Waals surface area contributed by atoms with Crippen LogP contribution in [0.2, 0.25) is 0 Å². The van der Waals surface area contributed by atoms with Gasteiger partial charge >= 0.3 is 0 Å². The summed E-state index contributed by atoms with van der Waals surface area (Å²) in [4.78, 5) is 0. The van der Waals surface area contributed by atoms with Gasteiger partial charge in [0.1, 0.15) is 11.5 Å². The summed E-state index contributed by atoms with van der Waals surface area (Å²) in [5, 5.41) is 0. The van der Waals surface area contributed by atoms with Crippen molar-refractivity contribution in [1.82, 2.24) is 0 Å². The molecule has 0 aliphatic rings. The van der Waals surface area contributed by atoms with Crippen LogP contribution in [0.3, 0.4) is 0 Å². The first-order chi connectivity index (χ1) is 8.72. The highest BCUT2D eigenvalue weighted by Crippen LogP contribution is 2.28. The predicted molar refractivity (Wildman–Crippen MR) is 79.7 cm³/mol. The van der Waals surface area contributed by atoms with Gasteiger partial charge < -0.3 is 15.2 Å². The molecule has 1 aromatic rings. The Bertz CT molecular complexity index is 312. The standard InChI is InChI=1S/C11H17NO2.2C2H6/c1-8-6-11(14-3)9(4-5-12)7-10(8)13-2;2*1-2/h6-7H,4-5,12H2,1-3H3;2*1-2H3. The van der Waals surface area contributed by atoms with Crippen molar-refractivity contribution in [3.05, 3.63) is 23.3 Å². The average Bonchev–Trinajstić information content (AvgIpc) is 2.45. The second-order valence-electron chi connectivity index (χ2n) is 3.17. The Morgan fingerprint density at radius 2 is 1.44 bits per heavy atom. The minimum Gasteiger partial charge on any atom is -0.496 e. The molecule has 0 amide bonds. The molecule has 0 fully saturated rings. The highest BCUT2D eigenvalue weighted by molar-refractivity contribution is 5.46. The van der Waals surface area contributed by atoms with E-state index >= 15 is 0 Å². The van der Waals surface area contributed by atoms with E-state index in [2.05, 4.69) is 0 Å². The van der Waals surface area contributed by atoms with Crippen molar-refractivity contribution >= 4 is 0 Å². The van der Waals surface area contributed by atoms with Crippen molar-refractivity contribution in [2.24, 2.45) is 5.73 Å². The van der Waals surface area contributed by atoms with Crippen LogP contribution in [0.1, 0.15) is 38.8 Å². The quantitative estimate of drug-likeness (QED) is 0.894. The summed E-state index contributed by atoms with van der Waals surface area (Å²) in [7, 11) is 3.34. The minimum absolute atomic E-state index is 0.614. The van der Waals surface area contributed by atoms with Gasteiger partial charge in [-0.25, -0.2) is 0 Å². The molecule has 1 aromatic carbocycles. The van der Waals surface area contributed by atoms with Crippen molar-refractivity contribution in [3.63, 3.8) is 0 Å². The number of ether oxygens (including phenoxy) is 2. The summed E-state index contributed by atoms with van der Waals surface area (Å²) in [6.07, 6.45) is 0.805. The number of methoxy groups -OCH3 is 2. The molecule has 0 atom stereocenters. The molecular weight excluding hydrogens is 226 g/mol. The summed E-state index contributed by atoms with van der Waals surface area (Å²) >= 11 is 0. The summed E-state index contributed by atoms with van der Waals surface area (Å²) in [6, 6.07) is 3.96. The van der Waals surface area contributed by atoms with E-state index in [4.69, 9.17) is 15.2 Å². The molecule has 0 aliphatic carbocycles. The Morgan fingerprint density at radius 1 is 0.944 bits per heavy atom. The monoisotopic (exact) mass is 255 g/mol. The molecule has 0 saturated carbocycles. The van der Waals surface area contributed by atoms with E-state index in [-0.39, 0.29) is 0 Å². The fourth-order valence-electron chi connectivity index (χ4n) is 1.46. The van der Waals surface area contributed by atoms with Crippen LogP contribution in [0.4, 0.5) is 0 Å². The van der Waals surface area contributed by atoms with Gasteiger partial charge in [0, 0.05) is 0 Å². The van der Waals surface area contributed by atoms with Gasteiger partial charge in [-0.3, -0.25) is 0 Å². The molecule has 0 aliphatic heterocycles. The Balaban J connectivity index is 0. The number of nitrogens with two attached hydrogens (primary N) is 1. The second-order valence-corrected chi connectivity index (χ2v) is 3.17. The summed E-state index contributed by atoms with van der Waals surface area (Å²) in [5.41, 5.74) is 7.69. The first-order valence-corrected chi connectivity index (χ1v) is 6.64. The van der Waals surface area contributed by atoms with Gasteiger partial charge in [0.25, 0.3) is 0 Å². The van der Waals surface area contributed by atoms with Gasteiger partial charge in [-0.2, -0.15) is 0 Å². The zero-order chi connectivity index (χ0) is 14.6. The molecule has 0 unspecified atom stereocenters. The Kier molecular flexibility index (Phi) is 13.0. The van der Waals surface area contributed by atoms with E-state index in [9.17, 15) is 0 Å². The van der Waals surface area contributed by atoms with Crippen LogP contribution in [0.5, 0.6) is 11.5 Å². The van der Waals surface area contributed by atoms with Crippen LogP contribution >= 0.6 is 0 Å². The van der Waals surface area contributed by atoms with Gasteiger partial charge in [-0.05, 0) is 43.1 Å². The minimum atomic E-state index is 0.614. The molecule has 106 valence electrons. The zero-order valence-corrected chi connectivity index (χ0v) is 13.0. The lowest BCUT2D eigenvalue weighted by Crippen LogP contribution is -2.05. The first-order valence-electron chi connectivity index (χ1n) is 6.64. The van der Waals surface area contributed by atoms with E-state index < -0.39 is 0 Å². The topological polar surface area (TPSA) is 44.5 Å². The second kappa shape index (κ2) is 12.2. The SMILES string of the molecule is CC.CC.COc1cc(CCN)c(OC)cc1C. The Hall–Kier alpha value is -1.22. The lowest BCUT2D eigenvalue weighted by Gasteiger charge is -2.12.